The minimum Gasteiger partial charge on any atom is -0.256 e. The van der Waals surface area contributed by atoms with Gasteiger partial charge in [0.1, 0.15) is 0 Å². The molecule has 3 rings (SSSR count). The zero-order valence-electron chi connectivity index (χ0n) is 9.72. The second kappa shape index (κ2) is 4.02. The number of hydrogen-bond acceptors (Lipinski definition) is 1. The molecule has 0 spiro atoms. The summed E-state index contributed by atoms with van der Waals surface area (Å²) in [6, 6.07) is 18.8. The number of aromatic nitrogens is 1. The third-order valence-electron chi connectivity index (χ3n) is 3.07. The Balaban J connectivity index is 2.35. The van der Waals surface area contributed by atoms with Crippen LogP contribution in [0, 0.1) is 6.92 Å². The molecular weight excluding hydrogens is 206 g/mol. The molecular formula is C16H13N. The second-order valence-electron chi connectivity index (χ2n) is 4.20. The fourth-order valence-electron chi connectivity index (χ4n) is 2.17. The van der Waals surface area contributed by atoms with Crippen LogP contribution in [0.5, 0.6) is 0 Å². The highest BCUT2D eigenvalue weighted by molar-refractivity contribution is 5.95. The van der Waals surface area contributed by atoms with Crippen molar-refractivity contribution < 1.29 is 0 Å². The Bertz CT molecular complexity index is 657. The number of hydrogen-bond donors (Lipinski definition) is 0. The van der Waals surface area contributed by atoms with Crippen LogP contribution in [0.25, 0.3) is 22.0 Å². The normalized spacial score (nSPS) is 10.6. The Morgan fingerprint density at radius 3 is 2.47 bits per heavy atom. The lowest BCUT2D eigenvalue weighted by atomic mass is 9.99. The average molecular weight is 219 g/mol. The van der Waals surface area contributed by atoms with E-state index in [-0.39, 0.29) is 0 Å². The van der Waals surface area contributed by atoms with Crippen LogP contribution in [0.2, 0.25) is 0 Å². The zero-order valence-corrected chi connectivity index (χ0v) is 9.72. The van der Waals surface area contributed by atoms with Crippen molar-refractivity contribution in [1.82, 2.24) is 4.98 Å². The van der Waals surface area contributed by atoms with Crippen LogP contribution in [0.4, 0.5) is 0 Å². The predicted molar refractivity (Wildman–Crippen MR) is 71.9 cm³/mol. The summed E-state index contributed by atoms with van der Waals surface area (Å²) >= 11 is 0. The molecule has 3 aromatic rings. The number of aryl methyl sites for hydroxylation is 1. The van der Waals surface area contributed by atoms with Gasteiger partial charge in [-0.15, -0.1) is 0 Å². The molecule has 1 heteroatoms. The molecule has 0 fully saturated rings. The van der Waals surface area contributed by atoms with Gasteiger partial charge in [0.25, 0.3) is 0 Å². The first-order valence-electron chi connectivity index (χ1n) is 5.76. The highest BCUT2D eigenvalue weighted by Crippen LogP contribution is 2.28. The molecule has 0 saturated carbocycles. The summed E-state index contributed by atoms with van der Waals surface area (Å²) in [5.74, 6) is 0. The molecule has 0 atom stereocenters. The van der Waals surface area contributed by atoms with Gasteiger partial charge in [0.15, 0.2) is 0 Å². The number of nitrogens with zero attached hydrogens (tertiary/aromatic N) is 1. The van der Waals surface area contributed by atoms with Gasteiger partial charge in [-0.1, -0.05) is 48.5 Å². The van der Waals surface area contributed by atoms with E-state index in [0.29, 0.717) is 0 Å². The summed E-state index contributed by atoms with van der Waals surface area (Å²) in [5, 5.41) is 1.23. The van der Waals surface area contributed by atoms with Crippen molar-refractivity contribution >= 4 is 10.9 Å². The molecule has 1 aromatic heterocycles. The quantitative estimate of drug-likeness (QED) is 0.597. The molecule has 0 aliphatic heterocycles. The number of rotatable bonds is 1. The third-order valence-corrected chi connectivity index (χ3v) is 3.07. The van der Waals surface area contributed by atoms with Gasteiger partial charge >= 0.3 is 0 Å². The van der Waals surface area contributed by atoms with Gasteiger partial charge < -0.3 is 0 Å². The van der Waals surface area contributed by atoms with E-state index in [2.05, 4.69) is 54.4 Å². The van der Waals surface area contributed by atoms with Crippen LogP contribution in [0.3, 0.4) is 0 Å². The van der Waals surface area contributed by atoms with Crippen molar-refractivity contribution in [1.29, 1.82) is 0 Å². The molecule has 0 amide bonds. The summed E-state index contributed by atoms with van der Waals surface area (Å²) in [5.41, 5.74) is 4.77. The highest BCUT2D eigenvalue weighted by Gasteiger charge is 2.05. The number of benzene rings is 2. The van der Waals surface area contributed by atoms with Crippen LogP contribution in [-0.4, -0.2) is 4.98 Å². The van der Waals surface area contributed by atoms with Crippen LogP contribution in [0.1, 0.15) is 5.56 Å². The topological polar surface area (TPSA) is 12.9 Å². The van der Waals surface area contributed by atoms with Crippen molar-refractivity contribution in [2.24, 2.45) is 0 Å². The summed E-state index contributed by atoms with van der Waals surface area (Å²) in [6.45, 7) is 2.12. The molecule has 0 aliphatic carbocycles. The number of fused-ring (bicyclic) bond motifs is 1. The first-order valence-corrected chi connectivity index (χ1v) is 5.76. The van der Waals surface area contributed by atoms with E-state index in [4.69, 9.17) is 0 Å². The Morgan fingerprint density at radius 2 is 1.65 bits per heavy atom. The molecule has 82 valence electrons. The minimum absolute atomic E-state index is 1.08. The lowest BCUT2D eigenvalue weighted by Crippen LogP contribution is -1.86. The standard InChI is InChI=1S/C16H13N/c1-12-9-10-15(13-6-3-2-4-7-13)16-14(12)8-5-11-17-16/h2-11H,1H3. The van der Waals surface area contributed by atoms with E-state index >= 15 is 0 Å². The molecule has 0 N–H and O–H groups in total. The smallest absolute Gasteiger partial charge is 0.0782 e. The van der Waals surface area contributed by atoms with Crippen molar-refractivity contribution in [3.05, 3.63) is 66.4 Å². The first-order chi connectivity index (χ1) is 8.36. The predicted octanol–water partition coefficient (Wildman–Crippen LogP) is 4.21. The fourth-order valence-corrected chi connectivity index (χ4v) is 2.17. The molecule has 0 saturated heterocycles. The van der Waals surface area contributed by atoms with Crippen molar-refractivity contribution in [2.45, 2.75) is 6.92 Å². The maximum Gasteiger partial charge on any atom is 0.0782 e. The van der Waals surface area contributed by atoms with Gasteiger partial charge in [-0.05, 0) is 24.1 Å². The van der Waals surface area contributed by atoms with E-state index < -0.39 is 0 Å². The van der Waals surface area contributed by atoms with Crippen LogP contribution >= 0.6 is 0 Å². The molecule has 0 radical (unpaired) electrons. The SMILES string of the molecule is Cc1ccc(-c2ccccc2)c2ncccc12. The molecule has 1 nitrogen and oxygen atoms in total. The van der Waals surface area contributed by atoms with E-state index in [1.807, 2.05) is 18.3 Å². The largest absolute Gasteiger partial charge is 0.256 e. The summed E-state index contributed by atoms with van der Waals surface area (Å²) in [7, 11) is 0. The van der Waals surface area contributed by atoms with E-state index in [1.54, 1.807) is 0 Å². The van der Waals surface area contributed by atoms with E-state index in [1.165, 1.54) is 22.1 Å². The van der Waals surface area contributed by atoms with Crippen LogP contribution in [-0.2, 0) is 0 Å². The lowest BCUT2D eigenvalue weighted by molar-refractivity contribution is 1.39. The Morgan fingerprint density at radius 1 is 0.824 bits per heavy atom. The monoisotopic (exact) mass is 219 g/mol. The van der Waals surface area contributed by atoms with Crippen molar-refractivity contribution in [2.75, 3.05) is 0 Å². The first kappa shape index (κ1) is 10.0. The summed E-state index contributed by atoms with van der Waals surface area (Å²) < 4.78 is 0. The molecule has 0 unspecified atom stereocenters. The fraction of sp³-hybridized carbons (Fsp3) is 0.0625. The lowest BCUT2D eigenvalue weighted by Gasteiger charge is -2.07. The summed E-state index contributed by atoms with van der Waals surface area (Å²) in [4.78, 5) is 4.52. The Kier molecular flexibility index (Phi) is 2.37. The van der Waals surface area contributed by atoms with Gasteiger partial charge in [-0.2, -0.15) is 0 Å². The number of pyridine rings is 1. The van der Waals surface area contributed by atoms with Crippen molar-refractivity contribution in [3.8, 4) is 11.1 Å². The molecule has 0 aliphatic rings. The van der Waals surface area contributed by atoms with Gasteiger partial charge in [0, 0.05) is 17.1 Å². The molecule has 2 aromatic carbocycles. The van der Waals surface area contributed by atoms with Crippen LogP contribution < -0.4 is 0 Å². The average Bonchev–Trinajstić information content (AvgIpc) is 2.41. The summed E-state index contributed by atoms with van der Waals surface area (Å²) in [6.07, 6.45) is 1.86. The minimum atomic E-state index is 1.08. The van der Waals surface area contributed by atoms with E-state index in [9.17, 15) is 0 Å². The van der Waals surface area contributed by atoms with Gasteiger partial charge in [0.2, 0.25) is 0 Å². The van der Waals surface area contributed by atoms with Gasteiger partial charge in [-0.3, -0.25) is 4.98 Å². The van der Waals surface area contributed by atoms with Gasteiger partial charge in [0.05, 0.1) is 5.52 Å². The Hall–Kier alpha value is -2.15. The maximum absolute atomic E-state index is 4.52. The molecule has 0 bridgehead atoms. The second-order valence-corrected chi connectivity index (χ2v) is 4.20. The van der Waals surface area contributed by atoms with Gasteiger partial charge in [-0.25, -0.2) is 0 Å². The van der Waals surface area contributed by atoms with Crippen LogP contribution in [0.15, 0.2) is 60.8 Å². The molecule has 1 heterocycles. The third kappa shape index (κ3) is 1.70. The Labute approximate surface area is 101 Å². The zero-order chi connectivity index (χ0) is 11.7. The maximum atomic E-state index is 4.52. The molecule has 17 heavy (non-hydrogen) atoms. The van der Waals surface area contributed by atoms with E-state index in [0.717, 1.165) is 5.52 Å². The highest BCUT2D eigenvalue weighted by atomic mass is 14.6. The van der Waals surface area contributed by atoms with Crippen molar-refractivity contribution in [3.63, 3.8) is 0 Å².